The third-order valence-corrected chi connectivity index (χ3v) is 4.64. The molecule has 0 aliphatic carbocycles. The molecule has 2 saturated heterocycles. The normalized spacial score (nSPS) is 29.6. The molecule has 0 aromatic carbocycles. The van der Waals surface area contributed by atoms with Gasteiger partial charge in [0.1, 0.15) is 0 Å². The molecule has 3 heterocycles. The third-order valence-electron chi connectivity index (χ3n) is 4.21. The minimum atomic E-state index is 0.107. The first kappa shape index (κ1) is 13.1. The quantitative estimate of drug-likeness (QED) is 0.839. The number of hydrogen-bond acceptors (Lipinski definition) is 3. The average molecular weight is 325 g/mol. The van der Waals surface area contributed by atoms with E-state index >= 15 is 0 Å². The van der Waals surface area contributed by atoms with Crippen LogP contribution in [-0.2, 0) is 4.74 Å². The Balaban J connectivity index is 1.82. The number of rotatable bonds is 2. The highest BCUT2D eigenvalue weighted by molar-refractivity contribution is 9.10. The van der Waals surface area contributed by atoms with Crippen LogP contribution >= 0.6 is 15.9 Å². The second-order valence-corrected chi connectivity index (χ2v) is 6.23. The van der Waals surface area contributed by atoms with E-state index in [-0.39, 0.29) is 5.91 Å². The van der Waals surface area contributed by atoms with E-state index in [9.17, 15) is 4.79 Å². The van der Waals surface area contributed by atoms with E-state index in [4.69, 9.17) is 4.74 Å². The molecule has 2 aliphatic rings. The molecule has 5 heteroatoms. The average Bonchev–Trinajstić information content (AvgIpc) is 2.68. The van der Waals surface area contributed by atoms with Crippen molar-refractivity contribution in [3.63, 3.8) is 0 Å². The molecule has 0 radical (unpaired) electrons. The van der Waals surface area contributed by atoms with E-state index in [0.717, 1.165) is 30.2 Å². The number of ether oxygens (including phenoxy) is 1. The van der Waals surface area contributed by atoms with Crippen molar-refractivity contribution in [2.24, 2.45) is 0 Å². The first-order chi connectivity index (χ1) is 9.19. The first-order valence-corrected chi connectivity index (χ1v) is 7.44. The number of pyridine rings is 1. The van der Waals surface area contributed by atoms with Crippen molar-refractivity contribution < 1.29 is 9.53 Å². The summed E-state index contributed by atoms with van der Waals surface area (Å²) in [6.45, 7) is 0. The summed E-state index contributed by atoms with van der Waals surface area (Å²) < 4.78 is 6.31. The van der Waals surface area contributed by atoms with Gasteiger partial charge >= 0.3 is 0 Å². The number of hydrogen-bond donors (Lipinski definition) is 0. The number of fused-ring (bicyclic) bond motifs is 2. The minimum Gasteiger partial charge on any atom is -0.381 e. The van der Waals surface area contributed by atoms with Crippen molar-refractivity contribution in [1.82, 2.24) is 9.88 Å². The van der Waals surface area contributed by atoms with Crippen LogP contribution < -0.4 is 0 Å². The van der Waals surface area contributed by atoms with Gasteiger partial charge in [0.15, 0.2) is 0 Å². The van der Waals surface area contributed by atoms with Crippen LogP contribution in [0.15, 0.2) is 22.9 Å². The van der Waals surface area contributed by atoms with Crippen LogP contribution in [0.1, 0.15) is 36.0 Å². The summed E-state index contributed by atoms with van der Waals surface area (Å²) in [6.07, 6.45) is 7.76. The van der Waals surface area contributed by atoms with Gasteiger partial charge in [-0.3, -0.25) is 9.78 Å². The monoisotopic (exact) mass is 324 g/mol. The van der Waals surface area contributed by atoms with Crippen LogP contribution in [0.25, 0.3) is 0 Å². The number of halogens is 1. The molecule has 2 bridgehead atoms. The Hall–Kier alpha value is -0.940. The Kier molecular flexibility index (Phi) is 3.58. The molecule has 2 aliphatic heterocycles. The Morgan fingerprint density at radius 1 is 1.37 bits per heavy atom. The molecule has 19 heavy (non-hydrogen) atoms. The predicted molar refractivity (Wildman–Crippen MR) is 74.9 cm³/mol. The molecule has 0 spiro atoms. The summed E-state index contributed by atoms with van der Waals surface area (Å²) >= 11 is 3.37. The summed E-state index contributed by atoms with van der Waals surface area (Å²) in [6, 6.07) is 2.50. The molecular formula is C14H17BrN2O2. The molecule has 102 valence electrons. The van der Waals surface area contributed by atoms with Gasteiger partial charge in [0, 0.05) is 36.1 Å². The maximum absolute atomic E-state index is 12.6. The van der Waals surface area contributed by atoms with E-state index in [1.165, 1.54) is 0 Å². The first-order valence-electron chi connectivity index (χ1n) is 6.65. The van der Waals surface area contributed by atoms with Crippen LogP contribution in [0, 0.1) is 0 Å². The topological polar surface area (TPSA) is 42.4 Å². The van der Waals surface area contributed by atoms with Crippen LogP contribution in [0.5, 0.6) is 0 Å². The van der Waals surface area contributed by atoms with Gasteiger partial charge in [-0.25, -0.2) is 0 Å². The summed E-state index contributed by atoms with van der Waals surface area (Å²) in [4.78, 5) is 18.8. The van der Waals surface area contributed by atoms with Gasteiger partial charge in [-0.2, -0.15) is 0 Å². The summed E-state index contributed by atoms with van der Waals surface area (Å²) in [5.41, 5.74) is 0.669. The third kappa shape index (κ3) is 2.41. The number of aromatic nitrogens is 1. The number of piperidine rings is 1. The van der Waals surface area contributed by atoms with E-state index < -0.39 is 0 Å². The van der Waals surface area contributed by atoms with E-state index in [0.29, 0.717) is 23.8 Å². The standard InChI is InChI=1S/C14H17BrN2O2/c1-19-13-5-11-2-3-12(6-13)17(11)14(18)9-4-10(15)8-16-7-9/h4,7-8,11-13H,2-3,5-6H2,1H3. The highest BCUT2D eigenvalue weighted by atomic mass is 79.9. The lowest BCUT2D eigenvalue weighted by molar-refractivity contribution is 0.00820. The SMILES string of the molecule is COC1CC2CCC(C1)N2C(=O)c1cncc(Br)c1. The van der Waals surface area contributed by atoms with Crippen molar-refractivity contribution in [1.29, 1.82) is 0 Å². The predicted octanol–water partition coefficient (Wildman–Crippen LogP) is 2.63. The minimum absolute atomic E-state index is 0.107. The van der Waals surface area contributed by atoms with E-state index in [1.54, 1.807) is 19.5 Å². The fraction of sp³-hybridized carbons (Fsp3) is 0.571. The summed E-state index contributed by atoms with van der Waals surface area (Å²) in [7, 11) is 1.76. The molecule has 2 atom stereocenters. The van der Waals surface area contributed by atoms with Crippen molar-refractivity contribution in [3.8, 4) is 0 Å². The van der Waals surface area contributed by atoms with E-state index in [1.807, 2.05) is 6.07 Å². The number of carbonyl (C=O) groups excluding carboxylic acids is 1. The van der Waals surface area contributed by atoms with Gasteiger partial charge in [-0.05, 0) is 47.7 Å². The zero-order chi connectivity index (χ0) is 13.4. The maximum atomic E-state index is 12.6. The highest BCUT2D eigenvalue weighted by Gasteiger charge is 2.43. The Bertz CT molecular complexity index is 480. The van der Waals surface area contributed by atoms with Crippen molar-refractivity contribution in [3.05, 3.63) is 28.5 Å². The Labute approximate surface area is 121 Å². The van der Waals surface area contributed by atoms with Crippen LogP contribution in [0.2, 0.25) is 0 Å². The molecule has 2 unspecified atom stereocenters. The van der Waals surface area contributed by atoms with Crippen LogP contribution in [0.3, 0.4) is 0 Å². The molecule has 3 rings (SSSR count). The lowest BCUT2D eigenvalue weighted by Crippen LogP contribution is -2.48. The molecule has 1 aromatic heterocycles. The number of nitrogens with zero attached hydrogens (tertiary/aromatic N) is 2. The molecule has 0 N–H and O–H groups in total. The van der Waals surface area contributed by atoms with Gasteiger partial charge in [0.2, 0.25) is 0 Å². The molecule has 4 nitrogen and oxygen atoms in total. The zero-order valence-corrected chi connectivity index (χ0v) is 12.5. The van der Waals surface area contributed by atoms with Crippen LogP contribution in [-0.4, -0.2) is 41.1 Å². The van der Waals surface area contributed by atoms with Gasteiger partial charge in [-0.15, -0.1) is 0 Å². The molecule has 1 aromatic rings. The second-order valence-electron chi connectivity index (χ2n) is 5.32. The smallest absolute Gasteiger partial charge is 0.255 e. The van der Waals surface area contributed by atoms with Crippen molar-refractivity contribution in [2.45, 2.75) is 43.9 Å². The van der Waals surface area contributed by atoms with Gasteiger partial charge in [0.25, 0.3) is 5.91 Å². The second kappa shape index (κ2) is 5.21. The van der Waals surface area contributed by atoms with Crippen LogP contribution in [0.4, 0.5) is 0 Å². The van der Waals surface area contributed by atoms with Crippen molar-refractivity contribution in [2.75, 3.05) is 7.11 Å². The van der Waals surface area contributed by atoms with Gasteiger partial charge in [-0.1, -0.05) is 0 Å². The number of carbonyl (C=O) groups is 1. The number of amides is 1. The lowest BCUT2D eigenvalue weighted by atomic mass is 9.99. The largest absolute Gasteiger partial charge is 0.381 e. The fourth-order valence-corrected chi connectivity index (χ4v) is 3.69. The molecule has 1 amide bonds. The molecule has 2 fully saturated rings. The van der Waals surface area contributed by atoms with Gasteiger partial charge < -0.3 is 9.64 Å². The molecule has 0 saturated carbocycles. The van der Waals surface area contributed by atoms with Crippen molar-refractivity contribution >= 4 is 21.8 Å². The maximum Gasteiger partial charge on any atom is 0.255 e. The number of methoxy groups -OCH3 is 1. The Morgan fingerprint density at radius 2 is 2.05 bits per heavy atom. The molecular weight excluding hydrogens is 308 g/mol. The summed E-state index contributed by atoms with van der Waals surface area (Å²) in [5.74, 6) is 0.107. The van der Waals surface area contributed by atoms with E-state index in [2.05, 4.69) is 25.8 Å². The summed E-state index contributed by atoms with van der Waals surface area (Å²) in [5, 5.41) is 0. The zero-order valence-electron chi connectivity index (χ0n) is 10.9. The lowest BCUT2D eigenvalue weighted by Gasteiger charge is -2.38. The van der Waals surface area contributed by atoms with Gasteiger partial charge in [0.05, 0.1) is 11.7 Å². The highest BCUT2D eigenvalue weighted by Crippen LogP contribution is 2.37. The Morgan fingerprint density at radius 3 is 2.63 bits per heavy atom. The fourth-order valence-electron chi connectivity index (χ4n) is 3.33.